The summed E-state index contributed by atoms with van der Waals surface area (Å²) in [6.07, 6.45) is 0. The fourth-order valence-electron chi connectivity index (χ4n) is 2.67. The van der Waals surface area contributed by atoms with Crippen molar-refractivity contribution in [1.82, 2.24) is 15.1 Å². The van der Waals surface area contributed by atoms with Crippen molar-refractivity contribution in [3.05, 3.63) is 23.8 Å². The fraction of sp³-hybridized carbons (Fsp3) is 0.529. The van der Waals surface area contributed by atoms with Crippen molar-refractivity contribution >= 4 is 29.9 Å². The summed E-state index contributed by atoms with van der Waals surface area (Å²) in [5.74, 6) is -0.188. The Kier molecular flexibility index (Phi) is 7.07. The van der Waals surface area contributed by atoms with E-state index in [1.54, 1.807) is 4.90 Å². The first-order valence-corrected chi connectivity index (χ1v) is 8.07. The first kappa shape index (κ1) is 21.1. The van der Waals surface area contributed by atoms with E-state index in [1.807, 2.05) is 25.7 Å². The van der Waals surface area contributed by atoms with Gasteiger partial charge in [0.2, 0.25) is 5.91 Å². The Labute approximate surface area is 154 Å². The molecule has 25 heavy (non-hydrogen) atoms. The molecule has 7 nitrogen and oxygen atoms in total. The number of halogens is 1. The molecule has 0 aromatic heterocycles. The van der Waals surface area contributed by atoms with Crippen LogP contribution in [0.15, 0.2) is 18.2 Å². The van der Waals surface area contributed by atoms with Crippen molar-refractivity contribution in [2.45, 2.75) is 26.3 Å². The van der Waals surface area contributed by atoms with Gasteiger partial charge in [0.1, 0.15) is 5.75 Å². The lowest BCUT2D eigenvalue weighted by Gasteiger charge is -2.35. The van der Waals surface area contributed by atoms with Gasteiger partial charge < -0.3 is 21.1 Å². The van der Waals surface area contributed by atoms with Gasteiger partial charge in [-0.05, 0) is 39.0 Å². The zero-order valence-corrected chi connectivity index (χ0v) is 15.7. The maximum atomic E-state index is 12.5. The van der Waals surface area contributed by atoms with Crippen LogP contribution in [-0.4, -0.2) is 65.0 Å². The van der Waals surface area contributed by atoms with E-state index in [0.717, 1.165) is 0 Å². The van der Waals surface area contributed by atoms with Crippen LogP contribution >= 0.6 is 12.4 Å². The summed E-state index contributed by atoms with van der Waals surface area (Å²) in [6, 6.07) is 4.37. The van der Waals surface area contributed by atoms with Crippen molar-refractivity contribution < 1.29 is 14.7 Å². The van der Waals surface area contributed by atoms with Crippen molar-refractivity contribution in [3.63, 3.8) is 0 Å². The molecule has 1 aromatic rings. The number of amides is 2. The zero-order valence-electron chi connectivity index (χ0n) is 14.9. The monoisotopic (exact) mass is 370 g/mol. The molecule has 140 valence electrons. The van der Waals surface area contributed by atoms with Crippen LogP contribution in [0.3, 0.4) is 0 Å². The maximum absolute atomic E-state index is 12.5. The quantitative estimate of drug-likeness (QED) is 0.546. The van der Waals surface area contributed by atoms with E-state index in [2.05, 4.69) is 5.32 Å². The highest BCUT2D eigenvalue weighted by atomic mass is 35.5. The Hall–Kier alpha value is -1.99. The number of carbonyl (C=O) groups excluding carboxylic acids is 2. The van der Waals surface area contributed by atoms with Crippen LogP contribution in [-0.2, 0) is 4.79 Å². The number of aromatic hydroxyl groups is 1. The van der Waals surface area contributed by atoms with Crippen LogP contribution in [0.25, 0.3) is 0 Å². The second-order valence-corrected chi connectivity index (χ2v) is 7.14. The van der Waals surface area contributed by atoms with E-state index in [9.17, 15) is 14.7 Å². The highest BCUT2D eigenvalue weighted by Gasteiger charge is 2.25. The Morgan fingerprint density at radius 3 is 2.36 bits per heavy atom. The number of nitrogens with two attached hydrogens (primary N) is 1. The number of piperazine rings is 1. The van der Waals surface area contributed by atoms with E-state index in [-0.39, 0.29) is 35.5 Å². The third-order valence-electron chi connectivity index (χ3n) is 3.81. The number of nitrogens with zero attached hydrogens (tertiary/aromatic N) is 2. The molecule has 0 bridgehead atoms. The van der Waals surface area contributed by atoms with E-state index >= 15 is 0 Å². The summed E-state index contributed by atoms with van der Waals surface area (Å²) in [5.41, 5.74) is 6.24. The number of phenolic OH excluding ortho intramolecular Hbond substituents is 1. The third kappa shape index (κ3) is 6.10. The van der Waals surface area contributed by atoms with Crippen molar-refractivity contribution in [1.29, 1.82) is 0 Å². The van der Waals surface area contributed by atoms with Crippen LogP contribution in [0.4, 0.5) is 5.69 Å². The first-order valence-electron chi connectivity index (χ1n) is 8.07. The van der Waals surface area contributed by atoms with Gasteiger partial charge in [-0.1, -0.05) is 0 Å². The van der Waals surface area contributed by atoms with Crippen LogP contribution in [0.1, 0.15) is 31.1 Å². The molecule has 1 fully saturated rings. The molecule has 2 amide bonds. The van der Waals surface area contributed by atoms with Crippen molar-refractivity contribution in [2.75, 3.05) is 38.5 Å². The number of nitrogen functional groups attached to an aromatic ring is 1. The number of nitrogens with one attached hydrogen (secondary N) is 1. The smallest absolute Gasteiger partial charge is 0.256 e. The molecule has 1 saturated heterocycles. The molecule has 1 aliphatic rings. The molecule has 0 atom stereocenters. The Bertz CT molecular complexity index is 623. The summed E-state index contributed by atoms with van der Waals surface area (Å²) < 4.78 is 0. The molecule has 0 saturated carbocycles. The van der Waals surface area contributed by atoms with Crippen LogP contribution < -0.4 is 11.1 Å². The second kappa shape index (κ2) is 8.40. The standard InChI is InChI=1S/C17H26N4O3.ClH/c1-17(2,3)19-15(23)11-20-6-8-21(9-7-20)16(24)13-10-12(22)4-5-14(13)18;/h4-5,10,22H,6-9,11,18H2,1-3H3,(H,19,23);1H. The molecule has 8 heteroatoms. The summed E-state index contributed by atoms with van der Waals surface area (Å²) in [7, 11) is 0. The minimum absolute atomic E-state index is 0. The number of rotatable bonds is 3. The number of carbonyl (C=O) groups is 2. The van der Waals surface area contributed by atoms with Gasteiger partial charge in [-0.3, -0.25) is 14.5 Å². The van der Waals surface area contributed by atoms with Crippen molar-refractivity contribution in [3.8, 4) is 5.75 Å². The molecule has 0 unspecified atom stereocenters. The summed E-state index contributed by atoms with van der Waals surface area (Å²) in [4.78, 5) is 28.2. The SMILES string of the molecule is CC(C)(C)NC(=O)CN1CCN(C(=O)c2cc(O)ccc2N)CC1.Cl. The van der Waals surface area contributed by atoms with Gasteiger partial charge in [0.15, 0.2) is 0 Å². The second-order valence-electron chi connectivity index (χ2n) is 7.14. The lowest BCUT2D eigenvalue weighted by atomic mass is 10.1. The Morgan fingerprint density at radius 1 is 1.20 bits per heavy atom. The number of hydrogen-bond acceptors (Lipinski definition) is 5. The van der Waals surface area contributed by atoms with Crippen LogP contribution in [0.5, 0.6) is 5.75 Å². The molecular formula is C17H27ClN4O3. The van der Waals surface area contributed by atoms with Gasteiger partial charge in [-0.15, -0.1) is 12.4 Å². The molecular weight excluding hydrogens is 344 g/mol. The minimum Gasteiger partial charge on any atom is -0.508 e. The Morgan fingerprint density at radius 2 is 1.80 bits per heavy atom. The van der Waals surface area contributed by atoms with Gasteiger partial charge in [-0.25, -0.2) is 0 Å². The summed E-state index contributed by atoms with van der Waals surface area (Å²) in [5, 5.41) is 12.5. The average Bonchev–Trinajstić information content (AvgIpc) is 2.48. The highest BCUT2D eigenvalue weighted by molar-refractivity contribution is 5.99. The Balaban J connectivity index is 0.00000312. The largest absolute Gasteiger partial charge is 0.508 e. The normalized spacial score (nSPS) is 15.4. The average molecular weight is 371 g/mol. The lowest BCUT2D eigenvalue weighted by molar-refractivity contribution is -0.124. The topological polar surface area (TPSA) is 98.9 Å². The van der Waals surface area contributed by atoms with Gasteiger partial charge in [0, 0.05) is 37.4 Å². The van der Waals surface area contributed by atoms with Gasteiger partial charge in [-0.2, -0.15) is 0 Å². The number of phenols is 1. The zero-order chi connectivity index (χ0) is 17.9. The first-order chi connectivity index (χ1) is 11.2. The molecule has 1 heterocycles. The summed E-state index contributed by atoms with van der Waals surface area (Å²) >= 11 is 0. The lowest BCUT2D eigenvalue weighted by Crippen LogP contribution is -2.52. The van der Waals surface area contributed by atoms with E-state index in [1.165, 1.54) is 18.2 Å². The summed E-state index contributed by atoms with van der Waals surface area (Å²) in [6.45, 7) is 8.47. The third-order valence-corrected chi connectivity index (χ3v) is 3.81. The van der Waals surface area contributed by atoms with Crippen molar-refractivity contribution in [2.24, 2.45) is 0 Å². The predicted molar refractivity (Wildman–Crippen MR) is 100 cm³/mol. The van der Waals surface area contributed by atoms with Gasteiger partial charge in [0.25, 0.3) is 5.91 Å². The molecule has 0 spiro atoms. The highest BCUT2D eigenvalue weighted by Crippen LogP contribution is 2.20. The van der Waals surface area contributed by atoms with Crippen LogP contribution in [0.2, 0.25) is 0 Å². The molecule has 0 aliphatic carbocycles. The van der Waals surface area contributed by atoms with Crippen LogP contribution in [0, 0.1) is 0 Å². The van der Waals surface area contributed by atoms with E-state index < -0.39 is 0 Å². The predicted octanol–water partition coefficient (Wildman–Crippen LogP) is 1.07. The van der Waals surface area contributed by atoms with E-state index in [0.29, 0.717) is 44.0 Å². The fourth-order valence-corrected chi connectivity index (χ4v) is 2.67. The molecule has 0 radical (unpaired) electrons. The number of hydrogen-bond donors (Lipinski definition) is 3. The molecule has 2 rings (SSSR count). The number of benzene rings is 1. The molecule has 4 N–H and O–H groups in total. The van der Waals surface area contributed by atoms with Gasteiger partial charge >= 0.3 is 0 Å². The minimum atomic E-state index is -0.248. The maximum Gasteiger partial charge on any atom is 0.256 e. The molecule has 1 aromatic carbocycles. The molecule has 1 aliphatic heterocycles. The van der Waals surface area contributed by atoms with E-state index in [4.69, 9.17) is 5.73 Å². The number of anilines is 1. The van der Waals surface area contributed by atoms with Gasteiger partial charge in [0.05, 0.1) is 12.1 Å².